The van der Waals surface area contributed by atoms with Gasteiger partial charge < -0.3 is 24.2 Å². The molecule has 0 heterocycles. The molecule has 1 unspecified atom stereocenters. The van der Waals surface area contributed by atoms with Crippen molar-refractivity contribution in [3.05, 3.63) is 23.8 Å². The van der Waals surface area contributed by atoms with E-state index in [9.17, 15) is 23.4 Å². The number of unbranched alkanes of at least 4 members (excludes halogenated alkanes) is 5. The SMILES string of the molecule is CCCCCCCCOP(N)(N)=O.CCSCOP(N)(N)=O.CNP(N)(=O)O.NP(N)(=O)OCCc1ccc(O)cc1O. The van der Waals surface area contributed by atoms with Gasteiger partial charge in [0.25, 0.3) is 0 Å². The summed E-state index contributed by atoms with van der Waals surface area (Å²) in [5, 5.41) is 20.4. The molecule has 23 heteroatoms. The topological polar surface area (TPSA) is 351 Å². The second kappa shape index (κ2) is 25.8. The van der Waals surface area contributed by atoms with E-state index in [1.54, 1.807) is 0 Å². The molecule has 1 aromatic carbocycles. The number of hydrogen-bond acceptors (Lipinski definition) is 10. The van der Waals surface area contributed by atoms with Crippen molar-refractivity contribution >= 4 is 42.4 Å². The first-order valence-corrected chi connectivity index (χ1v) is 21.1. The fraction of sp³-hybridized carbons (Fsp3) is 0.700. The molecule has 0 fully saturated rings. The molecule has 0 spiro atoms. The standard InChI is InChI=1S/C8H13N2O4P.C8H21N2O2P.C3H11N2O2PS.CH7N2O2P/c9-15(10,13)14-4-3-6-1-2-7(11)5-8(6)12;1-2-3-4-5-6-7-8-12-13(9,10)11;1-2-9-3-7-8(4,5)6;1-3-6(2,4)5/h1-2,5,11-12H,3-4H2,(H4,9,10,13);2-8H2,1H3,(H4,9,10,11);2-3H2,1H3,(H4,4,5,6);1H3,(H4,2,3,4,5). The number of nitrogens with one attached hydrogen (secondary N) is 1. The smallest absolute Gasteiger partial charge is 0.336 e. The highest BCUT2D eigenvalue weighted by Gasteiger charge is 2.10. The summed E-state index contributed by atoms with van der Waals surface area (Å²) < 4.78 is 55.6. The van der Waals surface area contributed by atoms with Crippen molar-refractivity contribution in [1.82, 2.24) is 5.09 Å². The zero-order valence-electron chi connectivity index (χ0n) is 24.9. The van der Waals surface area contributed by atoms with Crippen LogP contribution in [0, 0.1) is 0 Å². The van der Waals surface area contributed by atoms with Crippen molar-refractivity contribution < 1.29 is 46.9 Å². The van der Waals surface area contributed by atoms with Crippen molar-refractivity contribution in [2.75, 3.05) is 32.0 Å². The molecule has 1 aromatic rings. The van der Waals surface area contributed by atoms with Gasteiger partial charge in [-0.25, -0.2) is 43.6 Å². The number of nitrogens with two attached hydrogens (primary N) is 7. The van der Waals surface area contributed by atoms with Gasteiger partial charge in [0.15, 0.2) is 0 Å². The van der Waals surface area contributed by atoms with Crippen LogP contribution in [0.15, 0.2) is 18.2 Å². The lowest BCUT2D eigenvalue weighted by atomic mass is 10.1. The molecule has 1 atom stereocenters. The van der Waals surface area contributed by atoms with Gasteiger partial charge >= 0.3 is 30.7 Å². The normalized spacial score (nSPS) is 12.9. The molecule has 0 aliphatic heterocycles. The third kappa shape index (κ3) is 43.8. The second-order valence-electron chi connectivity index (χ2n) is 8.52. The summed E-state index contributed by atoms with van der Waals surface area (Å²) in [5.41, 5.74) is 34.8. The van der Waals surface area contributed by atoms with Gasteiger partial charge in [-0.05, 0) is 37.3 Å². The van der Waals surface area contributed by atoms with Crippen LogP contribution in [-0.2, 0) is 38.3 Å². The van der Waals surface area contributed by atoms with E-state index in [0.29, 0.717) is 24.5 Å². The highest BCUT2D eigenvalue weighted by molar-refractivity contribution is 7.99. The van der Waals surface area contributed by atoms with Gasteiger partial charge in [0.05, 0.1) is 13.2 Å². The molecular weight excluding hydrogens is 668 g/mol. The third-order valence-electron chi connectivity index (χ3n) is 4.39. The first-order valence-electron chi connectivity index (χ1n) is 12.9. The van der Waals surface area contributed by atoms with Gasteiger partial charge in [-0.1, -0.05) is 52.0 Å². The summed E-state index contributed by atoms with van der Waals surface area (Å²) in [6.45, 7) is 4.60. The van der Waals surface area contributed by atoms with E-state index in [2.05, 4.69) is 21.5 Å². The predicted molar refractivity (Wildman–Crippen MR) is 174 cm³/mol. The molecule has 0 saturated carbocycles. The molecule has 18 N–H and O–H groups in total. The molecular formula is C20H52N8O10P4S. The van der Waals surface area contributed by atoms with Gasteiger partial charge in [0, 0.05) is 6.07 Å². The molecule has 43 heavy (non-hydrogen) atoms. The number of aromatic hydroxyl groups is 2. The van der Waals surface area contributed by atoms with E-state index in [4.69, 9.17) is 47.5 Å². The number of phenols is 2. The van der Waals surface area contributed by atoms with E-state index in [-0.39, 0.29) is 18.1 Å². The van der Waals surface area contributed by atoms with Gasteiger partial charge in [-0.15, -0.1) is 11.8 Å². The minimum Gasteiger partial charge on any atom is -0.508 e. The molecule has 0 amide bonds. The Labute approximate surface area is 258 Å². The molecule has 18 nitrogen and oxygen atoms in total. The van der Waals surface area contributed by atoms with Crippen molar-refractivity contribution in [1.29, 1.82) is 0 Å². The molecule has 0 aliphatic rings. The number of thioether (sulfide) groups is 1. The van der Waals surface area contributed by atoms with Crippen LogP contribution < -0.4 is 43.6 Å². The molecule has 0 saturated heterocycles. The van der Waals surface area contributed by atoms with Crippen molar-refractivity contribution in [2.24, 2.45) is 38.5 Å². The van der Waals surface area contributed by atoms with Crippen molar-refractivity contribution in [2.45, 2.75) is 58.8 Å². The number of hydrogen-bond donors (Lipinski definition) is 11. The average molecular weight is 721 g/mol. The minimum absolute atomic E-state index is 0.0273. The van der Waals surface area contributed by atoms with E-state index < -0.39 is 30.7 Å². The van der Waals surface area contributed by atoms with E-state index >= 15 is 0 Å². The molecule has 1 rings (SSSR count). The summed E-state index contributed by atoms with van der Waals surface area (Å²) in [4.78, 5) is 8.05. The molecule has 0 aliphatic carbocycles. The quantitative estimate of drug-likeness (QED) is 0.0625. The van der Waals surface area contributed by atoms with Crippen LogP contribution in [0.4, 0.5) is 0 Å². The van der Waals surface area contributed by atoms with Gasteiger partial charge in [0.1, 0.15) is 17.4 Å². The Balaban J connectivity index is -0.000000522. The van der Waals surface area contributed by atoms with Crippen LogP contribution in [-0.4, -0.2) is 47.1 Å². The first kappa shape index (κ1) is 47.0. The Bertz CT molecular complexity index is 1040. The lowest BCUT2D eigenvalue weighted by Gasteiger charge is -2.08. The fourth-order valence-corrected chi connectivity index (χ4v) is 4.27. The van der Waals surface area contributed by atoms with E-state index in [0.717, 1.165) is 18.6 Å². The third-order valence-corrected chi connectivity index (χ3v) is 7.60. The van der Waals surface area contributed by atoms with Gasteiger partial charge in [0.2, 0.25) is 0 Å². The molecule has 0 radical (unpaired) electrons. The summed E-state index contributed by atoms with van der Waals surface area (Å²) >= 11 is 1.48. The summed E-state index contributed by atoms with van der Waals surface area (Å²) in [6.07, 6.45) is 7.30. The zero-order chi connectivity index (χ0) is 34.2. The predicted octanol–water partition coefficient (Wildman–Crippen LogP) is 3.08. The Kier molecular flexibility index (Phi) is 28.2. The maximum absolute atomic E-state index is 10.8. The maximum Gasteiger partial charge on any atom is 0.336 e. The van der Waals surface area contributed by atoms with Crippen LogP contribution >= 0.6 is 42.4 Å². The zero-order valence-corrected chi connectivity index (χ0v) is 29.3. The van der Waals surface area contributed by atoms with Crippen LogP contribution in [0.1, 0.15) is 57.9 Å². The summed E-state index contributed by atoms with van der Waals surface area (Å²) in [6, 6.07) is 4.17. The lowest BCUT2D eigenvalue weighted by molar-refractivity contribution is 0.302. The summed E-state index contributed by atoms with van der Waals surface area (Å²) in [7, 11) is -12.0. The van der Waals surface area contributed by atoms with Crippen LogP contribution in [0.2, 0.25) is 0 Å². The van der Waals surface area contributed by atoms with E-state index in [1.165, 1.54) is 62.7 Å². The minimum atomic E-state index is -3.46. The van der Waals surface area contributed by atoms with Gasteiger partial charge in [-0.2, -0.15) is 0 Å². The average Bonchev–Trinajstić information content (AvgIpc) is 2.84. The van der Waals surface area contributed by atoms with Crippen LogP contribution in [0.25, 0.3) is 0 Å². The Morgan fingerprint density at radius 1 is 0.767 bits per heavy atom. The summed E-state index contributed by atoms with van der Waals surface area (Å²) in [5.74, 6) is 1.13. The Hall–Kier alpha value is -0.390. The monoisotopic (exact) mass is 720 g/mol. The second-order valence-corrected chi connectivity index (χ2v) is 16.1. The number of benzene rings is 1. The lowest BCUT2D eigenvalue weighted by Crippen LogP contribution is -2.10. The first-order chi connectivity index (χ1) is 19.6. The number of rotatable bonds is 17. The van der Waals surface area contributed by atoms with Crippen LogP contribution in [0.5, 0.6) is 11.5 Å². The molecule has 258 valence electrons. The fourth-order valence-electron chi connectivity index (χ4n) is 2.35. The van der Waals surface area contributed by atoms with Crippen molar-refractivity contribution in [3.63, 3.8) is 0 Å². The van der Waals surface area contributed by atoms with Crippen LogP contribution in [0.3, 0.4) is 0 Å². The Morgan fingerprint density at radius 3 is 1.65 bits per heavy atom. The largest absolute Gasteiger partial charge is 0.508 e. The molecule has 0 bridgehead atoms. The van der Waals surface area contributed by atoms with E-state index in [1.807, 2.05) is 12.0 Å². The molecule has 0 aromatic heterocycles. The highest BCUT2D eigenvalue weighted by atomic mass is 32.2. The van der Waals surface area contributed by atoms with Crippen molar-refractivity contribution in [3.8, 4) is 11.5 Å². The maximum atomic E-state index is 10.8. The highest BCUT2D eigenvalue weighted by Crippen LogP contribution is 2.29. The number of phenolic OH excluding ortho intramolecular Hbond substituents is 2. The van der Waals surface area contributed by atoms with Gasteiger partial charge in [-0.3, -0.25) is 22.8 Å². The Morgan fingerprint density at radius 2 is 1.23 bits per heavy atom.